The van der Waals surface area contributed by atoms with Gasteiger partial charge in [0.1, 0.15) is 11.0 Å². The summed E-state index contributed by atoms with van der Waals surface area (Å²) in [7, 11) is 0. The van der Waals surface area contributed by atoms with Crippen LogP contribution < -0.4 is 4.90 Å². The predicted octanol–water partition coefficient (Wildman–Crippen LogP) is 2.76. The lowest BCUT2D eigenvalue weighted by atomic mass is 10.0. The maximum Gasteiger partial charge on any atom is 0.149 e. The lowest BCUT2D eigenvalue weighted by Crippen LogP contribution is -2.25. The first kappa shape index (κ1) is 10.7. The Kier molecular flexibility index (Phi) is 3.41. The second kappa shape index (κ2) is 4.79. The van der Waals surface area contributed by atoms with Crippen molar-refractivity contribution in [1.29, 1.82) is 0 Å². The molecule has 1 unspecified atom stereocenters. The van der Waals surface area contributed by atoms with Gasteiger partial charge in [0.15, 0.2) is 0 Å². The van der Waals surface area contributed by atoms with Crippen molar-refractivity contribution in [1.82, 2.24) is 9.97 Å². The first-order chi connectivity index (χ1) is 7.25. The molecule has 0 N–H and O–H groups in total. The molecule has 0 bridgehead atoms. The van der Waals surface area contributed by atoms with E-state index >= 15 is 0 Å². The fraction of sp³-hybridized carbons (Fsp3) is 0.636. The molecule has 2 heterocycles. The third-order valence-electron chi connectivity index (χ3n) is 2.93. The summed E-state index contributed by atoms with van der Waals surface area (Å²) in [6.45, 7) is 4.45. The van der Waals surface area contributed by atoms with E-state index in [9.17, 15) is 0 Å². The van der Waals surface area contributed by atoms with Gasteiger partial charge in [0.05, 0.1) is 12.4 Å². The molecule has 0 radical (unpaired) electrons. The van der Waals surface area contributed by atoms with Crippen molar-refractivity contribution < 1.29 is 0 Å². The van der Waals surface area contributed by atoms with Crippen LogP contribution in [0.5, 0.6) is 0 Å². The number of hydrogen-bond acceptors (Lipinski definition) is 3. The number of nitrogens with zero attached hydrogens (tertiary/aromatic N) is 3. The number of halogens is 1. The number of hydrogen-bond donors (Lipinski definition) is 0. The van der Waals surface area contributed by atoms with E-state index in [0.29, 0.717) is 5.15 Å². The van der Waals surface area contributed by atoms with Gasteiger partial charge in [0, 0.05) is 13.1 Å². The molecule has 1 aromatic rings. The molecule has 1 aliphatic rings. The van der Waals surface area contributed by atoms with E-state index in [-0.39, 0.29) is 0 Å². The highest BCUT2D eigenvalue weighted by Crippen LogP contribution is 2.21. The van der Waals surface area contributed by atoms with E-state index < -0.39 is 0 Å². The van der Waals surface area contributed by atoms with Gasteiger partial charge in [-0.3, -0.25) is 4.98 Å². The van der Waals surface area contributed by atoms with Gasteiger partial charge in [0.2, 0.25) is 0 Å². The molecule has 1 aromatic heterocycles. The lowest BCUT2D eigenvalue weighted by molar-refractivity contribution is 0.521. The van der Waals surface area contributed by atoms with Gasteiger partial charge in [-0.05, 0) is 25.2 Å². The van der Waals surface area contributed by atoms with Gasteiger partial charge in [-0.25, -0.2) is 4.98 Å². The first-order valence-corrected chi connectivity index (χ1v) is 5.86. The Morgan fingerprint density at radius 3 is 3.00 bits per heavy atom. The van der Waals surface area contributed by atoms with E-state index in [1.165, 1.54) is 19.3 Å². The van der Waals surface area contributed by atoms with Gasteiger partial charge in [-0.1, -0.05) is 18.5 Å². The fourth-order valence-electron chi connectivity index (χ4n) is 1.98. The molecular weight excluding hydrogens is 210 g/mol. The molecule has 1 fully saturated rings. The van der Waals surface area contributed by atoms with Crippen molar-refractivity contribution in [2.24, 2.45) is 5.92 Å². The minimum absolute atomic E-state index is 0.477. The standard InChI is InChI=1S/C11H16ClN3/c1-9-3-2-5-15(6-4-9)11-8-13-7-10(12)14-11/h7-9H,2-6H2,1H3. The molecule has 15 heavy (non-hydrogen) atoms. The zero-order chi connectivity index (χ0) is 10.7. The van der Waals surface area contributed by atoms with Crippen LogP contribution in [0.4, 0.5) is 5.82 Å². The van der Waals surface area contributed by atoms with Crippen LogP contribution in [0.1, 0.15) is 26.2 Å². The smallest absolute Gasteiger partial charge is 0.149 e. The molecule has 0 amide bonds. The highest BCUT2D eigenvalue weighted by Gasteiger charge is 2.15. The van der Waals surface area contributed by atoms with Crippen molar-refractivity contribution in [3.05, 3.63) is 17.5 Å². The van der Waals surface area contributed by atoms with E-state index in [1.807, 2.05) is 0 Å². The average molecular weight is 226 g/mol. The molecule has 3 nitrogen and oxygen atoms in total. The van der Waals surface area contributed by atoms with Crippen molar-refractivity contribution >= 4 is 17.4 Å². The summed E-state index contributed by atoms with van der Waals surface area (Å²) in [6.07, 6.45) is 7.14. The summed E-state index contributed by atoms with van der Waals surface area (Å²) in [6, 6.07) is 0. The topological polar surface area (TPSA) is 29.0 Å². The Labute approximate surface area is 95.5 Å². The van der Waals surface area contributed by atoms with Crippen molar-refractivity contribution in [3.63, 3.8) is 0 Å². The second-order valence-electron chi connectivity index (χ2n) is 4.22. The second-order valence-corrected chi connectivity index (χ2v) is 4.61. The van der Waals surface area contributed by atoms with Crippen molar-refractivity contribution in [2.45, 2.75) is 26.2 Å². The summed E-state index contributed by atoms with van der Waals surface area (Å²) < 4.78 is 0. The van der Waals surface area contributed by atoms with Gasteiger partial charge in [-0.2, -0.15) is 0 Å². The zero-order valence-electron chi connectivity index (χ0n) is 8.99. The Morgan fingerprint density at radius 2 is 2.20 bits per heavy atom. The van der Waals surface area contributed by atoms with Crippen LogP contribution in [-0.4, -0.2) is 23.1 Å². The average Bonchev–Trinajstić information content (AvgIpc) is 2.43. The third kappa shape index (κ3) is 2.81. The van der Waals surface area contributed by atoms with Gasteiger partial charge < -0.3 is 4.90 Å². The van der Waals surface area contributed by atoms with Crippen LogP contribution in [0.3, 0.4) is 0 Å². The summed E-state index contributed by atoms with van der Waals surface area (Å²) in [5.74, 6) is 1.73. The maximum atomic E-state index is 5.83. The Balaban J connectivity index is 2.09. The monoisotopic (exact) mass is 225 g/mol. The zero-order valence-corrected chi connectivity index (χ0v) is 9.74. The predicted molar refractivity (Wildman–Crippen MR) is 62.3 cm³/mol. The number of anilines is 1. The van der Waals surface area contributed by atoms with E-state index in [2.05, 4.69) is 21.8 Å². The largest absolute Gasteiger partial charge is 0.355 e. The minimum Gasteiger partial charge on any atom is -0.355 e. The number of aromatic nitrogens is 2. The highest BCUT2D eigenvalue weighted by atomic mass is 35.5. The van der Waals surface area contributed by atoms with Gasteiger partial charge in [0.25, 0.3) is 0 Å². The maximum absolute atomic E-state index is 5.83. The van der Waals surface area contributed by atoms with Crippen molar-refractivity contribution in [2.75, 3.05) is 18.0 Å². The highest BCUT2D eigenvalue weighted by molar-refractivity contribution is 6.29. The SMILES string of the molecule is CC1CCCN(c2cncc(Cl)n2)CC1. The van der Waals surface area contributed by atoms with Crippen LogP contribution in [0.15, 0.2) is 12.4 Å². The molecule has 0 aliphatic carbocycles. The molecule has 1 atom stereocenters. The molecule has 2 rings (SSSR count). The molecule has 0 aromatic carbocycles. The van der Waals surface area contributed by atoms with Crippen LogP contribution in [-0.2, 0) is 0 Å². The van der Waals surface area contributed by atoms with E-state index in [4.69, 9.17) is 11.6 Å². The number of rotatable bonds is 1. The quantitative estimate of drug-likeness (QED) is 0.736. The molecule has 1 saturated heterocycles. The van der Waals surface area contributed by atoms with E-state index in [1.54, 1.807) is 12.4 Å². The van der Waals surface area contributed by atoms with E-state index in [0.717, 1.165) is 24.8 Å². The van der Waals surface area contributed by atoms with Gasteiger partial charge in [-0.15, -0.1) is 0 Å². The first-order valence-electron chi connectivity index (χ1n) is 5.48. The Bertz CT molecular complexity index is 329. The lowest BCUT2D eigenvalue weighted by Gasteiger charge is -2.20. The Hall–Kier alpha value is -0.830. The Morgan fingerprint density at radius 1 is 1.33 bits per heavy atom. The van der Waals surface area contributed by atoms with Crippen LogP contribution in [0.2, 0.25) is 5.15 Å². The molecular formula is C11H16ClN3. The molecule has 4 heteroatoms. The third-order valence-corrected chi connectivity index (χ3v) is 3.12. The summed E-state index contributed by atoms with van der Waals surface area (Å²) in [4.78, 5) is 10.6. The normalized spacial score (nSPS) is 22.5. The van der Waals surface area contributed by atoms with Crippen molar-refractivity contribution in [3.8, 4) is 0 Å². The molecule has 82 valence electrons. The summed E-state index contributed by atoms with van der Waals surface area (Å²) in [5.41, 5.74) is 0. The molecule has 1 aliphatic heterocycles. The summed E-state index contributed by atoms with van der Waals surface area (Å²) in [5, 5.41) is 0.477. The van der Waals surface area contributed by atoms with Gasteiger partial charge >= 0.3 is 0 Å². The van der Waals surface area contributed by atoms with Crippen LogP contribution >= 0.6 is 11.6 Å². The van der Waals surface area contributed by atoms with Crippen LogP contribution in [0.25, 0.3) is 0 Å². The molecule has 0 spiro atoms. The van der Waals surface area contributed by atoms with Crippen LogP contribution in [0, 0.1) is 5.92 Å². The molecule has 0 saturated carbocycles. The summed E-state index contributed by atoms with van der Waals surface area (Å²) >= 11 is 5.83. The fourth-order valence-corrected chi connectivity index (χ4v) is 2.12. The minimum atomic E-state index is 0.477.